The number of ether oxygens (including phenoxy) is 1. The molecule has 0 amide bonds. The number of nitrogens with one attached hydrogen (secondary N) is 1. The van der Waals surface area contributed by atoms with Crippen LogP contribution in [-0.2, 0) is 4.74 Å². The van der Waals surface area contributed by atoms with Gasteiger partial charge in [0.25, 0.3) is 5.69 Å². The molecule has 0 spiro atoms. The molecular weight excluding hydrogens is 220 g/mol. The molecular formula is C12H18N2O3. The number of para-hydroxylation sites is 1. The monoisotopic (exact) mass is 238 g/mol. The van der Waals surface area contributed by atoms with Gasteiger partial charge in [-0.2, -0.15) is 0 Å². The number of benzene rings is 1. The van der Waals surface area contributed by atoms with Crippen molar-refractivity contribution in [3.63, 3.8) is 0 Å². The first-order valence-corrected chi connectivity index (χ1v) is 5.62. The molecule has 0 radical (unpaired) electrons. The zero-order valence-electron chi connectivity index (χ0n) is 10.4. The number of rotatable bonds is 6. The maximum Gasteiger partial charge on any atom is 0.295 e. The van der Waals surface area contributed by atoms with Crippen molar-refractivity contribution in [1.82, 2.24) is 0 Å². The Labute approximate surface area is 101 Å². The van der Waals surface area contributed by atoms with Gasteiger partial charge in [0.05, 0.1) is 17.6 Å². The highest BCUT2D eigenvalue weighted by atomic mass is 16.6. The lowest BCUT2D eigenvalue weighted by Gasteiger charge is -2.10. The largest absolute Gasteiger partial charge is 0.377 e. The second kappa shape index (κ2) is 6.20. The SMILES string of the molecule is Cc1cccc(NCCOC(C)C)c1[N+](=O)[O-]. The molecule has 0 fully saturated rings. The van der Waals surface area contributed by atoms with E-state index in [2.05, 4.69) is 5.32 Å². The van der Waals surface area contributed by atoms with Crippen LogP contribution < -0.4 is 5.32 Å². The van der Waals surface area contributed by atoms with Crippen molar-refractivity contribution in [2.24, 2.45) is 0 Å². The number of aryl methyl sites for hydroxylation is 1. The minimum atomic E-state index is -0.360. The summed E-state index contributed by atoms with van der Waals surface area (Å²) in [4.78, 5) is 10.6. The summed E-state index contributed by atoms with van der Waals surface area (Å²) >= 11 is 0. The zero-order valence-corrected chi connectivity index (χ0v) is 10.4. The average molecular weight is 238 g/mol. The van der Waals surface area contributed by atoms with Gasteiger partial charge in [-0.1, -0.05) is 12.1 Å². The highest BCUT2D eigenvalue weighted by molar-refractivity contribution is 5.64. The molecule has 1 rings (SSSR count). The van der Waals surface area contributed by atoms with Crippen molar-refractivity contribution in [2.75, 3.05) is 18.5 Å². The van der Waals surface area contributed by atoms with Crippen LogP contribution in [0.5, 0.6) is 0 Å². The van der Waals surface area contributed by atoms with Gasteiger partial charge in [-0.15, -0.1) is 0 Å². The molecule has 5 heteroatoms. The van der Waals surface area contributed by atoms with Gasteiger partial charge in [-0.3, -0.25) is 10.1 Å². The predicted molar refractivity (Wildman–Crippen MR) is 67.4 cm³/mol. The standard InChI is InChI=1S/C12H18N2O3/c1-9(2)17-8-7-13-11-6-4-5-10(3)12(11)14(15)16/h4-6,9,13H,7-8H2,1-3H3. The topological polar surface area (TPSA) is 64.4 Å². The van der Waals surface area contributed by atoms with E-state index >= 15 is 0 Å². The summed E-state index contributed by atoms with van der Waals surface area (Å²) in [7, 11) is 0. The summed E-state index contributed by atoms with van der Waals surface area (Å²) in [6.45, 7) is 6.73. The highest BCUT2D eigenvalue weighted by Gasteiger charge is 2.15. The molecule has 0 saturated carbocycles. The first-order valence-electron chi connectivity index (χ1n) is 5.62. The molecule has 1 N–H and O–H groups in total. The molecule has 0 atom stereocenters. The second-order valence-electron chi connectivity index (χ2n) is 4.07. The lowest BCUT2D eigenvalue weighted by atomic mass is 10.1. The van der Waals surface area contributed by atoms with Crippen molar-refractivity contribution in [1.29, 1.82) is 0 Å². The molecule has 0 aliphatic rings. The number of hydrogen-bond donors (Lipinski definition) is 1. The van der Waals surface area contributed by atoms with E-state index in [4.69, 9.17) is 4.74 Å². The van der Waals surface area contributed by atoms with Gasteiger partial charge in [-0.05, 0) is 26.8 Å². The number of nitro benzene ring substituents is 1. The van der Waals surface area contributed by atoms with Gasteiger partial charge in [0.2, 0.25) is 0 Å². The van der Waals surface area contributed by atoms with Gasteiger partial charge in [0.1, 0.15) is 5.69 Å². The third-order valence-electron chi connectivity index (χ3n) is 2.29. The Kier molecular flexibility index (Phi) is 4.90. The smallest absolute Gasteiger partial charge is 0.295 e. The van der Waals surface area contributed by atoms with E-state index in [0.29, 0.717) is 24.4 Å². The first kappa shape index (κ1) is 13.4. The van der Waals surface area contributed by atoms with Gasteiger partial charge in [0, 0.05) is 12.1 Å². The predicted octanol–water partition coefficient (Wildman–Crippen LogP) is 2.74. The first-order chi connectivity index (χ1) is 8.02. The summed E-state index contributed by atoms with van der Waals surface area (Å²) in [6.07, 6.45) is 0.171. The van der Waals surface area contributed by atoms with E-state index in [1.54, 1.807) is 25.1 Å². The Morgan fingerprint density at radius 3 is 2.76 bits per heavy atom. The summed E-state index contributed by atoms with van der Waals surface area (Å²) in [5.74, 6) is 0. The molecule has 1 aromatic rings. The van der Waals surface area contributed by atoms with Crippen LogP contribution >= 0.6 is 0 Å². The quantitative estimate of drug-likeness (QED) is 0.470. The van der Waals surface area contributed by atoms with Gasteiger partial charge in [0.15, 0.2) is 0 Å². The van der Waals surface area contributed by atoms with Crippen molar-refractivity contribution < 1.29 is 9.66 Å². The summed E-state index contributed by atoms with van der Waals surface area (Å²) in [6, 6.07) is 5.24. The summed E-state index contributed by atoms with van der Waals surface area (Å²) < 4.78 is 5.36. The van der Waals surface area contributed by atoms with Crippen molar-refractivity contribution in [3.05, 3.63) is 33.9 Å². The molecule has 0 heterocycles. The minimum Gasteiger partial charge on any atom is -0.377 e. The fourth-order valence-electron chi connectivity index (χ4n) is 1.52. The van der Waals surface area contributed by atoms with Crippen molar-refractivity contribution >= 4 is 11.4 Å². The number of anilines is 1. The number of hydrogen-bond acceptors (Lipinski definition) is 4. The van der Waals surface area contributed by atoms with Crippen LogP contribution in [0.1, 0.15) is 19.4 Å². The fraction of sp³-hybridized carbons (Fsp3) is 0.500. The molecule has 0 unspecified atom stereocenters. The van der Waals surface area contributed by atoms with E-state index in [1.165, 1.54) is 0 Å². The molecule has 5 nitrogen and oxygen atoms in total. The molecule has 0 bridgehead atoms. The molecule has 0 saturated heterocycles. The maximum atomic E-state index is 10.9. The minimum absolute atomic E-state index is 0.136. The van der Waals surface area contributed by atoms with Gasteiger partial charge in [-0.25, -0.2) is 0 Å². The van der Waals surface area contributed by atoms with Gasteiger partial charge < -0.3 is 10.1 Å². The second-order valence-corrected chi connectivity index (χ2v) is 4.07. The van der Waals surface area contributed by atoms with E-state index in [1.807, 2.05) is 13.8 Å². The molecule has 17 heavy (non-hydrogen) atoms. The van der Waals surface area contributed by atoms with Crippen LogP contribution in [-0.4, -0.2) is 24.2 Å². The molecule has 94 valence electrons. The van der Waals surface area contributed by atoms with E-state index < -0.39 is 0 Å². The van der Waals surface area contributed by atoms with Crippen LogP contribution in [0.2, 0.25) is 0 Å². The maximum absolute atomic E-state index is 10.9. The van der Waals surface area contributed by atoms with Crippen LogP contribution in [0, 0.1) is 17.0 Å². The lowest BCUT2D eigenvalue weighted by molar-refractivity contribution is -0.384. The summed E-state index contributed by atoms with van der Waals surface area (Å²) in [5.41, 5.74) is 1.34. The number of nitro groups is 1. The van der Waals surface area contributed by atoms with Gasteiger partial charge >= 0.3 is 0 Å². The highest BCUT2D eigenvalue weighted by Crippen LogP contribution is 2.27. The third kappa shape index (κ3) is 4.03. The molecule has 0 aliphatic heterocycles. The molecule has 1 aromatic carbocycles. The van der Waals surface area contributed by atoms with E-state index in [-0.39, 0.29) is 16.7 Å². The Morgan fingerprint density at radius 2 is 2.18 bits per heavy atom. The molecule has 0 aromatic heterocycles. The van der Waals surface area contributed by atoms with Crippen molar-refractivity contribution in [2.45, 2.75) is 26.9 Å². The molecule has 0 aliphatic carbocycles. The van der Waals surface area contributed by atoms with Crippen LogP contribution in [0.15, 0.2) is 18.2 Å². The average Bonchev–Trinajstić information content (AvgIpc) is 2.23. The fourth-order valence-corrected chi connectivity index (χ4v) is 1.52. The van der Waals surface area contributed by atoms with Crippen LogP contribution in [0.3, 0.4) is 0 Å². The Balaban J connectivity index is 2.64. The van der Waals surface area contributed by atoms with Crippen LogP contribution in [0.4, 0.5) is 11.4 Å². The normalized spacial score (nSPS) is 10.6. The summed E-state index contributed by atoms with van der Waals surface area (Å²) in [5, 5.41) is 13.9. The lowest BCUT2D eigenvalue weighted by Crippen LogP contribution is -2.14. The Morgan fingerprint density at radius 1 is 1.47 bits per heavy atom. The third-order valence-corrected chi connectivity index (χ3v) is 2.29. The zero-order chi connectivity index (χ0) is 12.8. The van der Waals surface area contributed by atoms with E-state index in [0.717, 1.165) is 0 Å². The Hall–Kier alpha value is -1.62. The van der Waals surface area contributed by atoms with Crippen LogP contribution in [0.25, 0.3) is 0 Å². The Bertz CT molecular complexity index is 391. The van der Waals surface area contributed by atoms with Crippen molar-refractivity contribution in [3.8, 4) is 0 Å². The number of nitrogens with zero attached hydrogens (tertiary/aromatic N) is 1. The van der Waals surface area contributed by atoms with E-state index in [9.17, 15) is 10.1 Å².